The lowest BCUT2D eigenvalue weighted by atomic mass is 10.2. The molecule has 0 spiro atoms. The molecule has 20 heavy (non-hydrogen) atoms. The molecule has 0 aliphatic rings. The van der Waals surface area contributed by atoms with Crippen molar-refractivity contribution in [2.24, 2.45) is 0 Å². The van der Waals surface area contributed by atoms with Gasteiger partial charge in [0.05, 0.1) is 5.69 Å². The lowest BCUT2D eigenvalue weighted by Gasteiger charge is -2.11. The van der Waals surface area contributed by atoms with Crippen molar-refractivity contribution in [3.8, 4) is 5.69 Å². The fourth-order valence-corrected chi connectivity index (χ4v) is 2.31. The fraction of sp³-hybridized carbons (Fsp3) is 0.133. The summed E-state index contributed by atoms with van der Waals surface area (Å²) < 4.78 is 15.7. The number of carboxylic acid groups (broad SMARTS) is 1. The van der Waals surface area contributed by atoms with Crippen molar-refractivity contribution < 1.29 is 14.3 Å². The smallest absolute Gasteiger partial charge is 0.328 e. The Hall–Kier alpha value is -2.07. The molecule has 104 valence electrons. The lowest BCUT2D eigenvalue weighted by Crippen LogP contribution is -2.02. The summed E-state index contributed by atoms with van der Waals surface area (Å²) in [4.78, 5) is 10.6. The summed E-state index contributed by atoms with van der Waals surface area (Å²) in [6, 6.07) is 6.28. The summed E-state index contributed by atoms with van der Waals surface area (Å²) >= 11 is 5.75. The van der Waals surface area contributed by atoms with Crippen molar-refractivity contribution >= 4 is 23.6 Å². The van der Waals surface area contributed by atoms with E-state index < -0.39 is 11.8 Å². The van der Waals surface area contributed by atoms with Crippen molar-refractivity contribution in [1.82, 2.24) is 4.57 Å². The largest absolute Gasteiger partial charge is 0.478 e. The van der Waals surface area contributed by atoms with Crippen LogP contribution in [0.1, 0.15) is 17.0 Å². The summed E-state index contributed by atoms with van der Waals surface area (Å²) in [5.41, 5.74) is 2.70. The molecule has 3 nitrogen and oxygen atoms in total. The van der Waals surface area contributed by atoms with Crippen LogP contribution in [-0.4, -0.2) is 15.6 Å². The van der Waals surface area contributed by atoms with Crippen molar-refractivity contribution in [2.75, 3.05) is 0 Å². The van der Waals surface area contributed by atoms with Gasteiger partial charge in [0.2, 0.25) is 0 Å². The second kappa shape index (κ2) is 5.51. The third kappa shape index (κ3) is 2.75. The molecule has 2 aromatic rings. The maximum absolute atomic E-state index is 14.0. The maximum Gasteiger partial charge on any atom is 0.328 e. The first kappa shape index (κ1) is 14.3. The molecule has 0 unspecified atom stereocenters. The minimum atomic E-state index is -1.02. The van der Waals surface area contributed by atoms with Crippen LogP contribution in [0.3, 0.4) is 0 Å². The van der Waals surface area contributed by atoms with E-state index in [1.165, 1.54) is 12.1 Å². The molecule has 1 aromatic carbocycles. The number of carboxylic acids is 1. The molecule has 2 rings (SSSR count). The lowest BCUT2D eigenvalue weighted by molar-refractivity contribution is -0.131. The summed E-state index contributed by atoms with van der Waals surface area (Å²) in [6.07, 6.45) is 2.55. The van der Waals surface area contributed by atoms with E-state index in [1.807, 2.05) is 19.9 Å². The van der Waals surface area contributed by atoms with Crippen molar-refractivity contribution in [3.05, 3.63) is 58.1 Å². The molecule has 0 atom stereocenters. The van der Waals surface area contributed by atoms with E-state index in [2.05, 4.69) is 0 Å². The predicted molar refractivity (Wildman–Crippen MR) is 76.9 cm³/mol. The second-order valence-corrected chi connectivity index (χ2v) is 4.87. The number of aliphatic carboxylic acids is 1. The average molecular weight is 294 g/mol. The standard InChI is InChI=1S/C15H13ClFNO2/c1-9-7-11(3-6-15(19)20)10(2)18(9)14-5-4-12(16)8-13(14)17/h3-8H,1-2H3,(H,19,20). The Morgan fingerprint density at radius 2 is 2.05 bits per heavy atom. The normalized spacial score (nSPS) is 11.2. The van der Waals surface area contributed by atoms with E-state index in [1.54, 1.807) is 16.7 Å². The third-order valence-electron chi connectivity index (χ3n) is 3.03. The molecule has 0 amide bonds. The topological polar surface area (TPSA) is 42.2 Å². The van der Waals surface area contributed by atoms with Crippen molar-refractivity contribution in [2.45, 2.75) is 13.8 Å². The molecule has 0 aliphatic heterocycles. The highest BCUT2D eigenvalue weighted by Gasteiger charge is 2.12. The van der Waals surface area contributed by atoms with Crippen LogP contribution < -0.4 is 0 Å². The van der Waals surface area contributed by atoms with Gasteiger partial charge in [-0.05, 0) is 49.8 Å². The van der Waals surface area contributed by atoms with Gasteiger partial charge in [-0.1, -0.05) is 11.6 Å². The highest BCUT2D eigenvalue weighted by Crippen LogP contribution is 2.25. The number of rotatable bonds is 3. The highest BCUT2D eigenvalue weighted by atomic mass is 35.5. The van der Waals surface area contributed by atoms with Crippen LogP contribution >= 0.6 is 11.6 Å². The molecule has 1 N–H and O–H groups in total. The SMILES string of the molecule is Cc1cc(C=CC(=O)O)c(C)n1-c1ccc(Cl)cc1F. The number of hydrogen-bond donors (Lipinski definition) is 1. The van der Waals surface area contributed by atoms with E-state index in [0.717, 1.165) is 23.0 Å². The Morgan fingerprint density at radius 1 is 1.35 bits per heavy atom. The summed E-state index contributed by atoms with van der Waals surface area (Å²) in [5.74, 6) is -1.44. The molecule has 0 fully saturated rings. The predicted octanol–water partition coefficient (Wildman–Crippen LogP) is 3.98. The molecule has 5 heteroatoms. The number of carbonyl (C=O) groups is 1. The number of hydrogen-bond acceptors (Lipinski definition) is 1. The van der Waals surface area contributed by atoms with E-state index in [4.69, 9.17) is 16.7 Å². The van der Waals surface area contributed by atoms with E-state index in [-0.39, 0.29) is 0 Å². The minimum Gasteiger partial charge on any atom is -0.478 e. The van der Waals surface area contributed by atoms with Crippen LogP contribution in [-0.2, 0) is 4.79 Å². The van der Waals surface area contributed by atoms with Crippen LogP contribution in [0.4, 0.5) is 4.39 Å². The zero-order valence-electron chi connectivity index (χ0n) is 11.0. The number of halogens is 2. The van der Waals surface area contributed by atoms with Crippen LogP contribution in [0.25, 0.3) is 11.8 Å². The van der Waals surface area contributed by atoms with Gasteiger partial charge in [0.1, 0.15) is 5.82 Å². The van der Waals surface area contributed by atoms with E-state index in [0.29, 0.717) is 10.7 Å². The minimum absolute atomic E-state index is 0.333. The summed E-state index contributed by atoms with van der Waals surface area (Å²) in [6.45, 7) is 3.64. The van der Waals surface area contributed by atoms with Crippen molar-refractivity contribution in [1.29, 1.82) is 0 Å². The summed E-state index contributed by atoms with van der Waals surface area (Å²) in [5, 5.41) is 9.00. The van der Waals surface area contributed by atoms with Gasteiger partial charge in [0, 0.05) is 22.5 Å². The molecule has 1 aromatic heterocycles. The Balaban J connectivity index is 2.55. The molecule has 0 bridgehead atoms. The molecule has 1 heterocycles. The first-order chi connectivity index (χ1) is 9.40. The molecule has 0 saturated heterocycles. The van der Waals surface area contributed by atoms with Crippen LogP contribution in [0.2, 0.25) is 5.02 Å². The number of benzene rings is 1. The monoisotopic (exact) mass is 293 g/mol. The van der Waals surface area contributed by atoms with E-state index in [9.17, 15) is 9.18 Å². The van der Waals surface area contributed by atoms with Gasteiger partial charge < -0.3 is 9.67 Å². The fourth-order valence-electron chi connectivity index (χ4n) is 2.15. The Morgan fingerprint density at radius 3 is 2.65 bits per heavy atom. The van der Waals surface area contributed by atoms with Crippen LogP contribution in [0.15, 0.2) is 30.3 Å². The van der Waals surface area contributed by atoms with Gasteiger partial charge in [-0.25, -0.2) is 9.18 Å². The number of aromatic nitrogens is 1. The molecular weight excluding hydrogens is 281 g/mol. The zero-order valence-corrected chi connectivity index (χ0v) is 11.8. The van der Waals surface area contributed by atoms with Gasteiger partial charge in [-0.3, -0.25) is 0 Å². The molecule has 0 aliphatic carbocycles. The Bertz CT molecular complexity index is 704. The van der Waals surface area contributed by atoms with Gasteiger partial charge in [0.25, 0.3) is 0 Å². The van der Waals surface area contributed by atoms with Gasteiger partial charge in [-0.15, -0.1) is 0 Å². The van der Waals surface area contributed by atoms with Gasteiger partial charge in [-0.2, -0.15) is 0 Å². The first-order valence-corrected chi connectivity index (χ1v) is 6.33. The first-order valence-electron chi connectivity index (χ1n) is 5.95. The van der Waals surface area contributed by atoms with Gasteiger partial charge >= 0.3 is 5.97 Å². The quantitative estimate of drug-likeness (QED) is 0.870. The van der Waals surface area contributed by atoms with Crippen LogP contribution in [0.5, 0.6) is 0 Å². The second-order valence-electron chi connectivity index (χ2n) is 4.43. The highest BCUT2D eigenvalue weighted by molar-refractivity contribution is 6.30. The number of aryl methyl sites for hydroxylation is 1. The Labute approximate surface area is 120 Å². The van der Waals surface area contributed by atoms with Crippen molar-refractivity contribution in [3.63, 3.8) is 0 Å². The van der Waals surface area contributed by atoms with E-state index >= 15 is 0 Å². The van der Waals surface area contributed by atoms with Gasteiger partial charge in [0.15, 0.2) is 0 Å². The third-order valence-corrected chi connectivity index (χ3v) is 3.26. The zero-order chi connectivity index (χ0) is 14.9. The molecular formula is C15H13ClFNO2. The molecule has 0 saturated carbocycles. The summed E-state index contributed by atoms with van der Waals surface area (Å²) in [7, 11) is 0. The average Bonchev–Trinajstić information content (AvgIpc) is 2.63. The maximum atomic E-state index is 14.0. The number of nitrogens with zero attached hydrogens (tertiary/aromatic N) is 1. The molecule has 0 radical (unpaired) electrons. The Kier molecular flexibility index (Phi) is 3.95. The van der Waals surface area contributed by atoms with Crippen LogP contribution in [0, 0.1) is 19.7 Å².